The third kappa shape index (κ3) is 4.65. The van der Waals surface area contributed by atoms with Gasteiger partial charge >= 0.3 is 0 Å². The normalized spacial score (nSPS) is 14.8. The third-order valence-electron chi connectivity index (χ3n) is 5.86. The molecule has 1 fully saturated rings. The summed E-state index contributed by atoms with van der Waals surface area (Å²) in [7, 11) is -0.311. The van der Waals surface area contributed by atoms with Crippen LogP contribution < -0.4 is 14.4 Å². The molecule has 4 rings (SSSR count). The molecular formula is C24H28N4O4S. The molecule has 1 aliphatic heterocycles. The van der Waals surface area contributed by atoms with E-state index in [0.717, 1.165) is 16.7 Å². The van der Waals surface area contributed by atoms with Crippen molar-refractivity contribution in [3.8, 4) is 22.8 Å². The first-order valence-electron chi connectivity index (χ1n) is 10.7. The van der Waals surface area contributed by atoms with Crippen LogP contribution in [0, 0.1) is 13.8 Å². The first-order valence-corrected chi connectivity index (χ1v) is 12.2. The molecule has 2 aromatic carbocycles. The summed E-state index contributed by atoms with van der Waals surface area (Å²) in [5, 5.41) is 8.78. The smallest absolute Gasteiger partial charge is 0.243 e. The van der Waals surface area contributed by atoms with Gasteiger partial charge in [0, 0.05) is 31.7 Å². The monoisotopic (exact) mass is 468 g/mol. The van der Waals surface area contributed by atoms with E-state index in [9.17, 15) is 8.42 Å². The Bertz CT molecular complexity index is 1240. The molecule has 2 heterocycles. The minimum atomic E-state index is -3.53. The Morgan fingerprint density at radius 3 is 2.24 bits per heavy atom. The van der Waals surface area contributed by atoms with E-state index < -0.39 is 10.0 Å². The number of rotatable bonds is 6. The van der Waals surface area contributed by atoms with Gasteiger partial charge in [-0.15, -0.1) is 10.2 Å². The zero-order valence-electron chi connectivity index (χ0n) is 19.3. The van der Waals surface area contributed by atoms with Crippen LogP contribution in [0.25, 0.3) is 11.3 Å². The molecule has 0 unspecified atom stereocenters. The summed E-state index contributed by atoms with van der Waals surface area (Å²) < 4.78 is 38.7. The van der Waals surface area contributed by atoms with Crippen molar-refractivity contribution in [3.63, 3.8) is 0 Å². The summed E-state index contributed by atoms with van der Waals surface area (Å²) in [5.41, 5.74) is 3.16. The number of methoxy groups -OCH3 is 2. The second-order valence-electron chi connectivity index (χ2n) is 8.00. The highest BCUT2D eigenvalue weighted by atomic mass is 32.2. The molecule has 1 aliphatic rings. The molecule has 1 aromatic heterocycles. The Balaban J connectivity index is 1.48. The van der Waals surface area contributed by atoms with Crippen molar-refractivity contribution in [2.45, 2.75) is 18.7 Å². The van der Waals surface area contributed by atoms with Crippen LogP contribution in [0.3, 0.4) is 0 Å². The SMILES string of the molecule is COc1ccc(OC)c(-c2ccc(N3CCN(S(=O)(=O)c4cc(C)ccc4C)CC3)nn2)c1. The largest absolute Gasteiger partial charge is 0.497 e. The average molecular weight is 469 g/mol. The van der Waals surface area contributed by atoms with Gasteiger partial charge in [-0.25, -0.2) is 8.42 Å². The maximum Gasteiger partial charge on any atom is 0.243 e. The molecule has 33 heavy (non-hydrogen) atoms. The Morgan fingerprint density at radius 2 is 1.61 bits per heavy atom. The number of ether oxygens (including phenoxy) is 2. The maximum absolute atomic E-state index is 13.2. The van der Waals surface area contributed by atoms with Crippen LogP contribution in [0.15, 0.2) is 53.4 Å². The number of hydrogen-bond donors (Lipinski definition) is 0. The van der Waals surface area contributed by atoms with Gasteiger partial charge in [-0.2, -0.15) is 4.31 Å². The molecule has 0 amide bonds. The van der Waals surface area contributed by atoms with Crippen LogP contribution in [-0.4, -0.2) is 63.3 Å². The van der Waals surface area contributed by atoms with Crippen LogP contribution in [0.5, 0.6) is 11.5 Å². The summed E-state index contributed by atoms with van der Waals surface area (Å²) in [4.78, 5) is 2.43. The van der Waals surface area contributed by atoms with Gasteiger partial charge in [-0.1, -0.05) is 12.1 Å². The van der Waals surface area contributed by atoms with E-state index >= 15 is 0 Å². The van der Waals surface area contributed by atoms with Crippen molar-refractivity contribution < 1.29 is 17.9 Å². The molecule has 1 saturated heterocycles. The number of nitrogens with zero attached hydrogens (tertiary/aromatic N) is 4. The summed E-state index contributed by atoms with van der Waals surface area (Å²) in [5.74, 6) is 2.10. The van der Waals surface area contributed by atoms with E-state index in [0.29, 0.717) is 54.1 Å². The van der Waals surface area contributed by atoms with Gasteiger partial charge in [0.15, 0.2) is 5.82 Å². The number of hydrogen-bond acceptors (Lipinski definition) is 7. The Morgan fingerprint density at radius 1 is 0.848 bits per heavy atom. The van der Waals surface area contributed by atoms with E-state index in [1.807, 2.05) is 56.3 Å². The molecule has 0 N–H and O–H groups in total. The van der Waals surface area contributed by atoms with Crippen LogP contribution in [0.2, 0.25) is 0 Å². The number of benzene rings is 2. The van der Waals surface area contributed by atoms with Crippen molar-refractivity contribution in [3.05, 3.63) is 59.7 Å². The van der Waals surface area contributed by atoms with Gasteiger partial charge in [0.05, 0.1) is 24.8 Å². The number of aryl methyl sites for hydroxylation is 2. The summed E-state index contributed by atoms with van der Waals surface area (Å²) >= 11 is 0. The van der Waals surface area contributed by atoms with Gasteiger partial charge in [0.1, 0.15) is 11.5 Å². The number of anilines is 1. The van der Waals surface area contributed by atoms with Gasteiger partial charge < -0.3 is 14.4 Å². The molecule has 0 bridgehead atoms. The van der Waals surface area contributed by atoms with E-state index in [2.05, 4.69) is 15.1 Å². The molecule has 0 spiro atoms. The number of sulfonamides is 1. The summed E-state index contributed by atoms with van der Waals surface area (Å²) in [6.45, 7) is 5.60. The fourth-order valence-electron chi connectivity index (χ4n) is 3.93. The zero-order valence-corrected chi connectivity index (χ0v) is 20.1. The first-order chi connectivity index (χ1) is 15.8. The van der Waals surface area contributed by atoms with Crippen LogP contribution in [0.4, 0.5) is 5.82 Å². The van der Waals surface area contributed by atoms with Crippen LogP contribution >= 0.6 is 0 Å². The summed E-state index contributed by atoms with van der Waals surface area (Å²) in [6.07, 6.45) is 0. The minimum Gasteiger partial charge on any atom is -0.497 e. The quantitative estimate of drug-likeness (QED) is 0.549. The first kappa shape index (κ1) is 23.0. The molecule has 8 nitrogen and oxygen atoms in total. The van der Waals surface area contributed by atoms with Gasteiger partial charge in [0.25, 0.3) is 0 Å². The van der Waals surface area contributed by atoms with Crippen molar-refractivity contribution in [2.24, 2.45) is 0 Å². The lowest BCUT2D eigenvalue weighted by atomic mass is 10.1. The lowest BCUT2D eigenvalue weighted by molar-refractivity contribution is 0.383. The zero-order chi connectivity index (χ0) is 23.6. The molecule has 0 saturated carbocycles. The second kappa shape index (κ2) is 9.36. The highest BCUT2D eigenvalue weighted by Crippen LogP contribution is 2.32. The Kier molecular flexibility index (Phi) is 6.53. The van der Waals surface area contributed by atoms with Crippen molar-refractivity contribution in [1.82, 2.24) is 14.5 Å². The average Bonchev–Trinajstić information content (AvgIpc) is 2.85. The fraction of sp³-hybridized carbons (Fsp3) is 0.333. The molecule has 0 aliphatic carbocycles. The topological polar surface area (TPSA) is 84.9 Å². The molecule has 0 atom stereocenters. The predicted molar refractivity (Wildman–Crippen MR) is 127 cm³/mol. The minimum absolute atomic E-state index is 0.382. The highest BCUT2D eigenvalue weighted by Gasteiger charge is 2.30. The molecule has 9 heteroatoms. The van der Waals surface area contributed by atoms with Crippen molar-refractivity contribution in [2.75, 3.05) is 45.3 Å². The van der Waals surface area contributed by atoms with E-state index in [-0.39, 0.29) is 0 Å². The highest BCUT2D eigenvalue weighted by molar-refractivity contribution is 7.89. The lowest BCUT2D eigenvalue weighted by Crippen LogP contribution is -2.49. The van der Waals surface area contributed by atoms with E-state index in [4.69, 9.17) is 9.47 Å². The predicted octanol–water partition coefficient (Wildman–Crippen LogP) is 3.29. The summed E-state index contributed by atoms with van der Waals surface area (Å²) in [6, 6.07) is 14.8. The van der Waals surface area contributed by atoms with E-state index in [1.165, 1.54) is 0 Å². The number of aromatic nitrogens is 2. The number of piperazine rings is 1. The molecular weight excluding hydrogens is 440 g/mol. The van der Waals surface area contributed by atoms with Crippen LogP contribution in [0.1, 0.15) is 11.1 Å². The van der Waals surface area contributed by atoms with Gasteiger partial charge in [-0.3, -0.25) is 0 Å². The van der Waals surface area contributed by atoms with Gasteiger partial charge in [0.2, 0.25) is 10.0 Å². The molecule has 3 aromatic rings. The maximum atomic E-state index is 13.2. The van der Waals surface area contributed by atoms with Gasteiger partial charge in [-0.05, 0) is 61.4 Å². The fourth-order valence-corrected chi connectivity index (χ4v) is 5.67. The third-order valence-corrected chi connectivity index (χ3v) is 7.90. The van der Waals surface area contributed by atoms with E-state index in [1.54, 1.807) is 24.6 Å². The second-order valence-corrected chi connectivity index (χ2v) is 9.91. The molecule has 174 valence electrons. The van der Waals surface area contributed by atoms with Crippen LogP contribution in [-0.2, 0) is 10.0 Å². The Hall–Kier alpha value is -3.17. The Labute approximate surface area is 194 Å². The van der Waals surface area contributed by atoms with Crippen molar-refractivity contribution in [1.29, 1.82) is 0 Å². The standard InChI is InChI=1S/C24H28N4O4S/c1-17-5-6-18(2)23(15-17)33(29,30)28-13-11-27(12-14-28)24-10-8-21(25-26-24)20-16-19(31-3)7-9-22(20)32-4/h5-10,15-16H,11-14H2,1-4H3. The molecule has 0 radical (unpaired) electrons. The van der Waals surface area contributed by atoms with Crippen molar-refractivity contribution >= 4 is 15.8 Å². The lowest BCUT2D eigenvalue weighted by Gasteiger charge is -2.34.